The first-order valence-corrected chi connectivity index (χ1v) is 4.70. The first-order valence-electron chi connectivity index (χ1n) is 4.70. The van der Waals surface area contributed by atoms with Crippen LogP contribution in [-0.4, -0.2) is 11.5 Å². The van der Waals surface area contributed by atoms with E-state index in [4.69, 9.17) is 16.4 Å². The Kier molecular flexibility index (Phi) is 4.06. The third-order valence-corrected chi connectivity index (χ3v) is 1.95. The van der Waals surface area contributed by atoms with Crippen LogP contribution in [0, 0.1) is 22.6 Å². The van der Waals surface area contributed by atoms with E-state index in [2.05, 4.69) is 5.10 Å². The van der Waals surface area contributed by atoms with E-state index in [1.807, 2.05) is 5.43 Å². The molecule has 0 bridgehead atoms. The third-order valence-electron chi connectivity index (χ3n) is 1.95. The predicted octanol–water partition coefficient (Wildman–Crippen LogP) is 2.07. The molecular formula is C10H7F4N5. The summed E-state index contributed by atoms with van der Waals surface area (Å²) in [6.45, 7) is 0. The Bertz CT molecular complexity index is 570. The van der Waals surface area contributed by atoms with Gasteiger partial charge in [-0.1, -0.05) is 0 Å². The Labute approximate surface area is 104 Å². The Hall–Kier alpha value is -2.63. The van der Waals surface area contributed by atoms with Gasteiger partial charge in [-0.15, -0.1) is 0 Å². The Morgan fingerprint density at radius 2 is 2.05 bits per heavy atom. The molecule has 0 aromatic heterocycles. The standard InChI is InChI=1S/C10H7F4N5/c11-6-3-5(10(12,13)14)1-2-7(6)18-19-8(4-15)9(16)17/h1-3,18H,(H3,16,17)/b19-8+. The first kappa shape index (κ1) is 14.4. The number of nitrogens with one attached hydrogen (secondary N) is 2. The molecule has 0 aliphatic heterocycles. The lowest BCUT2D eigenvalue weighted by atomic mass is 10.2. The molecule has 1 aromatic rings. The van der Waals surface area contributed by atoms with Crippen molar-refractivity contribution in [3.05, 3.63) is 29.6 Å². The number of benzene rings is 1. The van der Waals surface area contributed by atoms with Crippen molar-refractivity contribution in [2.45, 2.75) is 6.18 Å². The van der Waals surface area contributed by atoms with E-state index in [1.165, 1.54) is 6.07 Å². The molecule has 100 valence electrons. The van der Waals surface area contributed by atoms with E-state index < -0.39 is 29.1 Å². The average molecular weight is 273 g/mol. The largest absolute Gasteiger partial charge is 0.416 e. The molecule has 0 atom stereocenters. The molecule has 1 aromatic carbocycles. The van der Waals surface area contributed by atoms with Crippen LogP contribution in [0.2, 0.25) is 0 Å². The Morgan fingerprint density at radius 1 is 1.42 bits per heavy atom. The maximum Gasteiger partial charge on any atom is 0.416 e. The molecule has 0 saturated heterocycles. The molecular weight excluding hydrogens is 266 g/mol. The monoisotopic (exact) mass is 273 g/mol. The molecule has 0 amide bonds. The van der Waals surface area contributed by atoms with Gasteiger partial charge in [0, 0.05) is 0 Å². The fourth-order valence-electron chi connectivity index (χ4n) is 1.04. The lowest BCUT2D eigenvalue weighted by molar-refractivity contribution is -0.137. The summed E-state index contributed by atoms with van der Waals surface area (Å²) < 4.78 is 50.2. The number of hydrogen-bond donors (Lipinski definition) is 3. The first-order chi connectivity index (χ1) is 8.75. The highest BCUT2D eigenvalue weighted by atomic mass is 19.4. The van der Waals surface area contributed by atoms with Crippen molar-refractivity contribution in [1.29, 1.82) is 10.7 Å². The fourth-order valence-corrected chi connectivity index (χ4v) is 1.04. The summed E-state index contributed by atoms with van der Waals surface area (Å²) in [4.78, 5) is 0. The normalized spacial score (nSPS) is 11.8. The van der Waals surface area contributed by atoms with Gasteiger partial charge in [0.05, 0.1) is 11.3 Å². The van der Waals surface area contributed by atoms with Gasteiger partial charge in [-0.25, -0.2) is 4.39 Å². The van der Waals surface area contributed by atoms with Crippen LogP contribution < -0.4 is 11.2 Å². The molecule has 1 rings (SSSR count). The number of amidine groups is 1. The number of halogens is 4. The van der Waals surface area contributed by atoms with Crippen LogP contribution in [0.1, 0.15) is 5.56 Å². The number of nitriles is 1. The number of alkyl halides is 3. The second kappa shape index (κ2) is 5.34. The van der Waals surface area contributed by atoms with Gasteiger partial charge >= 0.3 is 6.18 Å². The predicted molar refractivity (Wildman–Crippen MR) is 60.0 cm³/mol. The van der Waals surface area contributed by atoms with Crippen molar-refractivity contribution in [2.75, 3.05) is 5.43 Å². The lowest BCUT2D eigenvalue weighted by Gasteiger charge is -2.08. The zero-order valence-electron chi connectivity index (χ0n) is 9.22. The van der Waals surface area contributed by atoms with E-state index in [0.29, 0.717) is 6.07 Å². The van der Waals surface area contributed by atoms with E-state index >= 15 is 0 Å². The molecule has 0 aliphatic rings. The number of nitrogens with two attached hydrogens (primary N) is 1. The Morgan fingerprint density at radius 3 is 2.47 bits per heavy atom. The van der Waals surface area contributed by atoms with Gasteiger partial charge in [0.25, 0.3) is 0 Å². The summed E-state index contributed by atoms with van der Waals surface area (Å²) in [5, 5.41) is 18.7. The molecule has 0 fully saturated rings. The van der Waals surface area contributed by atoms with Crippen LogP contribution in [0.15, 0.2) is 23.3 Å². The fraction of sp³-hybridized carbons (Fsp3) is 0.100. The van der Waals surface area contributed by atoms with Crippen molar-refractivity contribution in [2.24, 2.45) is 10.8 Å². The van der Waals surface area contributed by atoms with Crippen LogP contribution in [0.25, 0.3) is 0 Å². The van der Waals surface area contributed by atoms with Crippen LogP contribution >= 0.6 is 0 Å². The minimum Gasteiger partial charge on any atom is -0.382 e. The van der Waals surface area contributed by atoms with E-state index in [0.717, 1.165) is 6.07 Å². The van der Waals surface area contributed by atoms with E-state index in [9.17, 15) is 17.6 Å². The maximum atomic E-state index is 13.3. The maximum absolute atomic E-state index is 13.3. The van der Waals surface area contributed by atoms with Crippen LogP contribution in [0.3, 0.4) is 0 Å². The SMILES string of the molecule is N#C/C(=N\Nc1ccc(C(F)(F)F)cc1F)C(=N)N. The highest BCUT2D eigenvalue weighted by Gasteiger charge is 2.31. The highest BCUT2D eigenvalue weighted by Crippen LogP contribution is 2.31. The molecule has 19 heavy (non-hydrogen) atoms. The van der Waals surface area contributed by atoms with Gasteiger partial charge < -0.3 is 5.73 Å². The van der Waals surface area contributed by atoms with Gasteiger partial charge in [0.2, 0.25) is 5.71 Å². The minimum atomic E-state index is -4.65. The van der Waals surface area contributed by atoms with Crippen molar-refractivity contribution < 1.29 is 17.6 Å². The number of hydrazone groups is 1. The average Bonchev–Trinajstić information content (AvgIpc) is 2.29. The van der Waals surface area contributed by atoms with Gasteiger partial charge in [-0.3, -0.25) is 10.8 Å². The van der Waals surface area contributed by atoms with E-state index in [1.54, 1.807) is 0 Å². The number of rotatable bonds is 3. The molecule has 0 aliphatic carbocycles. The number of hydrogen-bond acceptors (Lipinski definition) is 4. The summed E-state index contributed by atoms with van der Waals surface area (Å²) in [5.74, 6) is -1.85. The van der Waals surface area contributed by atoms with Gasteiger partial charge in [-0.05, 0) is 18.2 Å². The minimum absolute atomic E-state index is 0.289. The topological polar surface area (TPSA) is 98.0 Å². The summed E-state index contributed by atoms with van der Waals surface area (Å²) in [7, 11) is 0. The second-order valence-corrected chi connectivity index (χ2v) is 3.29. The van der Waals surface area contributed by atoms with Crippen molar-refractivity contribution in [3.63, 3.8) is 0 Å². The zero-order chi connectivity index (χ0) is 14.6. The number of anilines is 1. The lowest BCUT2D eigenvalue weighted by Crippen LogP contribution is -2.22. The quantitative estimate of drug-likeness (QED) is 0.340. The summed E-state index contributed by atoms with van der Waals surface area (Å²) in [6.07, 6.45) is -4.65. The van der Waals surface area contributed by atoms with Crippen molar-refractivity contribution in [1.82, 2.24) is 0 Å². The van der Waals surface area contributed by atoms with Crippen LogP contribution in [-0.2, 0) is 6.18 Å². The van der Waals surface area contributed by atoms with Gasteiger partial charge in [0.1, 0.15) is 11.9 Å². The van der Waals surface area contributed by atoms with Crippen molar-refractivity contribution in [3.8, 4) is 6.07 Å². The Balaban J connectivity index is 3.00. The summed E-state index contributed by atoms with van der Waals surface area (Å²) in [6, 6.07) is 3.22. The smallest absolute Gasteiger partial charge is 0.382 e. The molecule has 0 saturated carbocycles. The summed E-state index contributed by atoms with van der Waals surface area (Å²) in [5.41, 5.74) is 4.97. The zero-order valence-corrected chi connectivity index (χ0v) is 9.22. The molecule has 0 spiro atoms. The van der Waals surface area contributed by atoms with Gasteiger partial charge in [0.15, 0.2) is 5.84 Å². The van der Waals surface area contributed by atoms with Crippen LogP contribution in [0.4, 0.5) is 23.2 Å². The van der Waals surface area contributed by atoms with Crippen LogP contribution in [0.5, 0.6) is 0 Å². The third kappa shape index (κ3) is 3.67. The van der Waals surface area contributed by atoms with Gasteiger partial charge in [-0.2, -0.15) is 23.5 Å². The second-order valence-electron chi connectivity index (χ2n) is 3.29. The molecule has 0 heterocycles. The molecule has 5 nitrogen and oxygen atoms in total. The highest BCUT2D eigenvalue weighted by molar-refractivity contribution is 6.45. The molecule has 9 heteroatoms. The summed E-state index contributed by atoms with van der Waals surface area (Å²) >= 11 is 0. The van der Waals surface area contributed by atoms with Crippen molar-refractivity contribution >= 4 is 17.2 Å². The number of nitrogens with zero attached hydrogens (tertiary/aromatic N) is 2. The van der Waals surface area contributed by atoms with E-state index in [-0.39, 0.29) is 11.8 Å². The molecule has 4 N–H and O–H groups in total. The molecule has 0 radical (unpaired) electrons. The molecule has 0 unspecified atom stereocenters.